The summed E-state index contributed by atoms with van der Waals surface area (Å²) in [6.45, 7) is 0.642. The summed E-state index contributed by atoms with van der Waals surface area (Å²) < 4.78 is 8.54. The Morgan fingerprint density at radius 3 is 2.30 bits per heavy atom. The number of para-hydroxylation sites is 2. The van der Waals surface area contributed by atoms with Crippen molar-refractivity contribution < 1.29 is 4.74 Å². The van der Waals surface area contributed by atoms with Crippen LogP contribution in [0.5, 0.6) is 11.5 Å². The highest BCUT2D eigenvalue weighted by molar-refractivity contribution is 6.09. The van der Waals surface area contributed by atoms with Crippen LogP contribution in [-0.2, 0) is 0 Å². The molecular weight excluding hydrogens is 458 g/mol. The van der Waals surface area contributed by atoms with E-state index < -0.39 is 0 Å². The zero-order chi connectivity index (χ0) is 24.6. The van der Waals surface area contributed by atoms with Crippen LogP contribution in [0.25, 0.3) is 27.6 Å². The van der Waals surface area contributed by atoms with Gasteiger partial charge < -0.3 is 9.64 Å². The van der Waals surface area contributed by atoms with Crippen molar-refractivity contribution in [3.8, 4) is 17.3 Å². The molecule has 0 radical (unpaired) electrons. The molecule has 1 aliphatic heterocycles. The van der Waals surface area contributed by atoms with Gasteiger partial charge in [0.15, 0.2) is 0 Å². The molecule has 6 nitrogen and oxygen atoms in total. The molecule has 1 aliphatic rings. The lowest BCUT2D eigenvalue weighted by Gasteiger charge is -2.19. The van der Waals surface area contributed by atoms with Crippen LogP contribution in [0.1, 0.15) is 0 Å². The van der Waals surface area contributed by atoms with Crippen molar-refractivity contribution in [2.75, 3.05) is 16.6 Å². The Hall–Kier alpha value is -5.10. The highest BCUT2D eigenvalue weighted by Crippen LogP contribution is 2.35. The van der Waals surface area contributed by atoms with Crippen molar-refractivity contribution >= 4 is 39.5 Å². The smallest absolute Gasteiger partial charge is 0.137 e. The average Bonchev–Trinajstić information content (AvgIpc) is 3.58. The Morgan fingerprint density at radius 2 is 1.41 bits per heavy atom. The summed E-state index contributed by atoms with van der Waals surface area (Å²) in [5.41, 5.74) is 4.25. The predicted octanol–water partition coefficient (Wildman–Crippen LogP) is 7.20. The molecule has 0 bridgehead atoms. The third kappa shape index (κ3) is 3.85. The zero-order valence-corrected chi connectivity index (χ0v) is 20.0. The number of ether oxygens (including phenoxy) is 1. The first kappa shape index (κ1) is 21.2. The van der Waals surface area contributed by atoms with Gasteiger partial charge in [-0.3, -0.25) is 4.57 Å². The Bertz CT molecular complexity index is 1740. The van der Waals surface area contributed by atoms with Gasteiger partial charge in [0.1, 0.15) is 30.3 Å². The van der Waals surface area contributed by atoms with Crippen LogP contribution in [-0.4, -0.2) is 22.6 Å². The second kappa shape index (κ2) is 8.84. The molecule has 178 valence electrons. The standard InChI is InChI=1S/C31H23N5O/c1-2-9-23(10-3-1)34-21-33-35(22-34)24-11-8-12-25(19-24)37-26-16-17-28-27-13-4-5-14-29(27)36(30(28)20-26)31-15-6-7-18-32-31/h1-21H,22H2. The fraction of sp³-hybridized carbons (Fsp3) is 0.0323. The molecule has 0 fully saturated rings. The number of pyridine rings is 1. The molecule has 0 spiro atoms. The van der Waals surface area contributed by atoms with Gasteiger partial charge in [-0.1, -0.05) is 48.5 Å². The number of rotatable bonds is 5. The molecule has 37 heavy (non-hydrogen) atoms. The molecule has 0 saturated carbocycles. The van der Waals surface area contributed by atoms with Crippen LogP contribution in [0.15, 0.2) is 127 Å². The fourth-order valence-electron chi connectivity index (χ4n) is 4.85. The van der Waals surface area contributed by atoms with Gasteiger partial charge >= 0.3 is 0 Å². The molecule has 0 amide bonds. The van der Waals surface area contributed by atoms with Gasteiger partial charge in [-0.15, -0.1) is 0 Å². The summed E-state index contributed by atoms with van der Waals surface area (Å²) in [7, 11) is 0. The normalized spacial score (nSPS) is 13.1. The minimum absolute atomic E-state index is 0.642. The maximum atomic E-state index is 6.36. The third-order valence-electron chi connectivity index (χ3n) is 6.58. The molecule has 0 aliphatic carbocycles. The van der Waals surface area contributed by atoms with Gasteiger partial charge in [0.2, 0.25) is 0 Å². The van der Waals surface area contributed by atoms with Crippen molar-refractivity contribution in [2.45, 2.75) is 0 Å². The fourth-order valence-corrected chi connectivity index (χ4v) is 4.85. The van der Waals surface area contributed by atoms with Crippen molar-refractivity contribution in [3.63, 3.8) is 0 Å². The Labute approximate surface area is 214 Å². The van der Waals surface area contributed by atoms with Crippen molar-refractivity contribution in [2.24, 2.45) is 5.10 Å². The van der Waals surface area contributed by atoms with Gasteiger partial charge in [0, 0.05) is 34.8 Å². The number of hydrogen-bond donors (Lipinski definition) is 0. The number of anilines is 2. The van der Waals surface area contributed by atoms with Gasteiger partial charge in [-0.2, -0.15) is 5.10 Å². The van der Waals surface area contributed by atoms with Crippen LogP contribution in [0.4, 0.5) is 11.4 Å². The Kier molecular flexibility index (Phi) is 5.07. The largest absolute Gasteiger partial charge is 0.457 e. The topological polar surface area (TPSA) is 45.9 Å². The molecule has 7 rings (SSSR count). The van der Waals surface area contributed by atoms with E-state index >= 15 is 0 Å². The molecule has 0 atom stereocenters. The van der Waals surface area contributed by atoms with Crippen LogP contribution in [0.2, 0.25) is 0 Å². The number of aromatic nitrogens is 2. The Morgan fingerprint density at radius 1 is 0.622 bits per heavy atom. The van der Waals surface area contributed by atoms with Gasteiger partial charge in [0.05, 0.1) is 16.7 Å². The zero-order valence-electron chi connectivity index (χ0n) is 20.0. The van der Waals surface area contributed by atoms with Crippen LogP contribution < -0.4 is 14.6 Å². The summed E-state index contributed by atoms with van der Waals surface area (Å²) in [6, 6.07) is 38.9. The second-order valence-electron chi connectivity index (χ2n) is 8.90. The lowest BCUT2D eigenvalue weighted by Crippen LogP contribution is -2.26. The van der Waals surface area contributed by atoms with Gasteiger partial charge in [-0.05, 0) is 54.6 Å². The van der Waals surface area contributed by atoms with Crippen molar-refractivity contribution in [1.82, 2.24) is 9.55 Å². The summed E-state index contributed by atoms with van der Waals surface area (Å²) in [4.78, 5) is 6.73. The summed E-state index contributed by atoms with van der Waals surface area (Å²) in [5.74, 6) is 2.40. The number of fused-ring (bicyclic) bond motifs is 3. The summed E-state index contributed by atoms with van der Waals surface area (Å²) >= 11 is 0. The first-order valence-corrected chi connectivity index (χ1v) is 12.2. The van der Waals surface area contributed by atoms with E-state index in [9.17, 15) is 0 Å². The first-order valence-electron chi connectivity index (χ1n) is 12.2. The second-order valence-corrected chi connectivity index (χ2v) is 8.90. The number of benzene rings is 4. The van der Waals surface area contributed by atoms with E-state index in [2.05, 4.69) is 68.1 Å². The van der Waals surface area contributed by atoms with Crippen LogP contribution in [0, 0.1) is 0 Å². The molecule has 0 unspecified atom stereocenters. The van der Waals surface area contributed by atoms with Gasteiger partial charge in [-0.25, -0.2) is 9.99 Å². The average molecular weight is 482 g/mol. The van der Waals surface area contributed by atoms with Crippen molar-refractivity contribution in [1.29, 1.82) is 0 Å². The van der Waals surface area contributed by atoms with E-state index in [1.54, 1.807) is 0 Å². The highest BCUT2D eigenvalue weighted by Gasteiger charge is 2.18. The quantitative estimate of drug-likeness (QED) is 0.261. The van der Waals surface area contributed by atoms with Crippen LogP contribution >= 0.6 is 0 Å². The SMILES string of the molecule is C1=NN(c2cccc(Oc3ccc4c5ccccc5n(-c5ccccn5)c4c3)c2)CN1c1ccccc1. The monoisotopic (exact) mass is 481 g/mol. The summed E-state index contributed by atoms with van der Waals surface area (Å²) in [5, 5.41) is 8.90. The third-order valence-corrected chi connectivity index (χ3v) is 6.58. The molecule has 0 N–H and O–H groups in total. The van der Waals surface area contributed by atoms with Crippen LogP contribution in [0.3, 0.4) is 0 Å². The van der Waals surface area contributed by atoms with E-state index in [-0.39, 0.29) is 0 Å². The first-order chi connectivity index (χ1) is 18.3. The molecule has 4 aromatic carbocycles. The molecule has 2 aromatic heterocycles. The van der Waals surface area contributed by atoms with E-state index in [0.717, 1.165) is 45.1 Å². The summed E-state index contributed by atoms with van der Waals surface area (Å²) in [6.07, 6.45) is 3.68. The molecule has 0 saturated heterocycles. The number of hydrogen-bond acceptors (Lipinski definition) is 5. The van der Waals surface area contributed by atoms with E-state index in [1.165, 1.54) is 5.39 Å². The van der Waals surface area contributed by atoms with E-state index in [4.69, 9.17) is 4.74 Å². The maximum absolute atomic E-state index is 6.36. The number of nitrogens with zero attached hydrogens (tertiary/aromatic N) is 5. The molecule has 6 aromatic rings. The number of hydrazone groups is 1. The predicted molar refractivity (Wildman–Crippen MR) is 150 cm³/mol. The molecule has 6 heteroatoms. The van der Waals surface area contributed by atoms with Gasteiger partial charge in [0.25, 0.3) is 0 Å². The molecular formula is C31H23N5O. The lowest BCUT2D eigenvalue weighted by atomic mass is 10.1. The minimum Gasteiger partial charge on any atom is -0.457 e. The molecule has 3 heterocycles. The maximum Gasteiger partial charge on any atom is 0.137 e. The minimum atomic E-state index is 0.642. The highest BCUT2D eigenvalue weighted by atomic mass is 16.5. The Balaban J connectivity index is 1.21. The van der Waals surface area contributed by atoms with E-state index in [0.29, 0.717) is 6.67 Å². The van der Waals surface area contributed by atoms with Crippen molar-refractivity contribution in [3.05, 3.63) is 121 Å². The van der Waals surface area contributed by atoms with E-state index in [1.807, 2.05) is 84.3 Å². The lowest BCUT2D eigenvalue weighted by molar-refractivity contribution is 0.483.